The Bertz CT molecular complexity index is 670. The van der Waals surface area contributed by atoms with Gasteiger partial charge in [0.25, 0.3) is 0 Å². The first kappa shape index (κ1) is 21.7. The number of nitrogens with zero attached hydrogens (tertiary/aromatic N) is 1. The number of aliphatic hydroxyl groups excluding tert-OH is 1. The molecule has 1 fully saturated rings. The van der Waals surface area contributed by atoms with Gasteiger partial charge >= 0.3 is 0 Å². The van der Waals surface area contributed by atoms with Crippen LogP contribution in [-0.2, 0) is 6.54 Å². The lowest BCUT2D eigenvalue weighted by atomic mass is 9.79. The van der Waals surface area contributed by atoms with Crippen molar-refractivity contribution in [3.8, 4) is 0 Å². The van der Waals surface area contributed by atoms with E-state index in [4.69, 9.17) is 0 Å². The second-order valence-electron chi connectivity index (χ2n) is 7.80. The van der Waals surface area contributed by atoms with Crippen LogP contribution in [0.15, 0.2) is 54.6 Å². The molecule has 1 aliphatic heterocycles. The van der Waals surface area contributed by atoms with Crippen LogP contribution in [0.1, 0.15) is 31.0 Å². The van der Waals surface area contributed by atoms with E-state index in [0.29, 0.717) is 0 Å². The predicted molar refractivity (Wildman–Crippen MR) is 116 cm³/mol. The van der Waals surface area contributed by atoms with Crippen LogP contribution >= 0.6 is 12.4 Å². The van der Waals surface area contributed by atoms with Crippen molar-refractivity contribution in [2.75, 3.05) is 38.1 Å². The van der Waals surface area contributed by atoms with E-state index in [1.165, 1.54) is 11.1 Å². The Morgan fingerprint density at radius 1 is 1.04 bits per heavy atom. The lowest BCUT2D eigenvalue weighted by Crippen LogP contribution is -2.49. The van der Waals surface area contributed by atoms with Gasteiger partial charge in [-0.3, -0.25) is 4.90 Å². The summed E-state index contributed by atoms with van der Waals surface area (Å²) in [4.78, 5) is 2.50. The quantitative estimate of drug-likeness (QED) is 0.676. The Balaban J connectivity index is 0.00000261. The molecule has 2 aromatic rings. The summed E-state index contributed by atoms with van der Waals surface area (Å²) in [7, 11) is 0. The fraction of sp³-hybridized carbons (Fsp3) is 0.455. The summed E-state index contributed by atoms with van der Waals surface area (Å²) in [5.74, 6) is 0. The normalized spacial score (nSPS) is 16.4. The summed E-state index contributed by atoms with van der Waals surface area (Å²) in [6, 6.07) is 19.4. The van der Waals surface area contributed by atoms with Crippen molar-refractivity contribution < 1.29 is 5.11 Å². The average Bonchev–Trinajstić information content (AvgIpc) is 2.69. The minimum atomic E-state index is -0.184. The van der Waals surface area contributed by atoms with Crippen molar-refractivity contribution in [1.29, 1.82) is 0 Å². The van der Waals surface area contributed by atoms with Gasteiger partial charge in [0.15, 0.2) is 0 Å². The number of rotatable bonds is 7. The Labute approximate surface area is 169 Å². The summed E-state index contributed by atoms with van der Waals surface area (Å²) in [5, 5.41) is 16.9. The highest BCUT2D eigenvalue weighted by Gasteiger charge is 2.35. The highest BCUT2D eigenvalue weighted by molar-refractivity contribution is 5.85. The number of hydrogen-bond donors (Lipinski definition) is 3. The largest absolute Gasteiger partial charge is 0.396 e. The lowest BCUT2D eigenvalue weighted by Gasteiger charge is -2.43. The second kappa shape index (κ2) is 10.1. The molecule has 0 amide bonds. The Morgan fingerprint density at radius 2 is 1.67 bits per heavy atom. The van der Waals surface area contributed by atoms with Crippen LogP contribution in [-0.4, -0.2) is 42.8 Å². The first-order valence-corrected chi connectivity index (χ1v) is 9.53. The third-order valence-corrected chi connectivity index (χ3v) is 5.23. The first-order chi connectivity index (χ1) is 12.6. The fourth-order valence-electron chi connectivity index (χ4n) is 3.77. The van der Waals surface area contributed by atoms with E-state index >= 15 is 0 Å². The van der Waals surface area contributed by atoms with Gasteiger partial charge in [-0.2, -0.15) is 0 Å². The van der Waals surface area contributed by atoms with Gasteiger partial charge in [0.1, 0.15) is 0 Å². The fourth-order valence-corrected chi connectivity index (χ4v) is 3.77. The maximum atomic E-state index is 9.97. The van der Waals surface area contributed by atoms with Crippen molar-refractivity contribution >= 4 is 18.1 Å². The van der Waals surface area contributed by atoms with Gasteiger partial charge in [-0.25, -0.2) is 0 Å². The molecule has 0 bridgehead atoms. The number of nitrogens with one attached hydrogen (secondary N) is 2. The number of anilines is 1. The van der Waals surface area contributed by atoms with Crippen LogP contribution in [0.2, 0.25) is 0 Å². The molecule has 5 heteroatoms. The van der Waals surface area contributed by atoms with Crippen LogP contribution in [0, 0.1) is 5.41 Å². The lowest BCUT2D eigenvalue weighted by molar-refractivity contribution is 0.0305. The standard InChI is InChI=1S/C22H31N3O.ClH/c1-22(2,17-26)21(25-14-12-23-13-15-25)19-8-10-20(11-9-19)24-16-18-6-4-3-5-7-18;/h3-11,21,23-24,26H,12-17H2,1-2H3;1H/t21-;/m1./s1. The van der Waals surface area contributed by atoms with Gasteiger partial charge in [-0.1, -0.05) is 56.3 Å². The maximum absolute atomic E-state index is 9.97. The minimum absolute atomic E-state index is 0. The molecule has 1 atom stereocenters. The van der Waals surface area contributed by atoms with Crippen LogP contribution in [0.4, 0.5) is 5.69 Å². The van der Waals surface area contributed by atoms with E-state index in [1.807, 2.05) is 6.07 Å². The van der Waals surface area contributed by atoms with E-state index < -0.39 is 0 Å². The molecule has 0 spiro atoms. The zero-order valence-corrected chi connectivity index (χ0v) is 17.1. The third kappa shape index (κ3) is 5.69. The molecule has 0 radical (unpaired) electrons. The Hall–Kier alpha value is -1.59. The van der Waals surface area contributed by atoms with Gasteiger partial charge in [0.2, 0.25) is 0 Å². The molecule has 27 heavy (non-hydrogen) atoms. The molecule has 0 saturated carbocycles. The highest BCUT2D eigenvalue weighted by atomic mass is 35.5. The van der Waals surface area contributed by atoms with Gasteiger partial charge in [0, 0.05) is 56.5 Å². The molecule has 1 heterocycles. The topological polar surface area (TPSA) is 47.5 Å². The van der Waals surface area contributed by atoms with Crippen LogP contribution in [0.3, 0.4) is 0 Å². The molecule has 2 aromatic carbocycles. The van der Waals surface area contributed by atoms with Crippen molar-refractivity contribution in [2.24, 2.45) is 5.41 Å². The number of aliphatic hydroxyl groups is 1. The molecule has 0 aliphatic carbocycles. The molecule has 0 aromatic heterocycles. The molecule has 3 rings (SSSR count). The van der Waals surface area contributed by atoms with Gasteiger partial charge in [-0.15, -0.1) is 12.4 Å². The highest BCUT2D eigenvalue weighted by Crippen LogP contribution is 2.38. The first-order valence-electron chi connectivity index (χ1n) is 9.53. The molecular formula is C22H32ClN3O. The summed E-state index contributed by atoms with van der Waals surface area (Å²) >= 11 is 0. The summed E-state index contributed by atoms with van der Waals surface area (Å²) in [6.45, 7) is 9.36. The van der Waals surface area contributed by atoms with Gasteiger partial charge in [-0.05, 0) is 23.3 Å². The summed E-state index contributed by atoms with van der Waals surface area (Å²) < 4.78 is 0. The SMILES string of the molecule is CC(C)(CO)[C@@H](c1ccc(NCc2ccccc2)cc1)N1CCNCC1.Cl. The monoisotopic (exact) mass is 389 g/mol. The van der Waals surface area contributed by atoms with Gasteiger partial charge < -0.3 is 15.7 Å². The molecule has 1 saturated heterocycles. The average molecular weight is 390 g/mol. The molecule has 3 N–H and O–H groups in total. The van der Waals surface area contributed by atoms with Crippen LogP contribution < -0.4 is 10.6 Å². The van der Waals surface area contributed by atoms with E-state index in [1.54, 1.807) is 0 Å². The van der Waals surface area contributed by atoms with Crippen molar-refractivity contribution in [2.45, 2.75) is 26.4 Å². The zero-order valence-electron chi connectivity index (χ0n) is 16.3. The molecule has 148 valence electrons. The molecule has 4 nitrogen and oxygen atoms in total. The van der Waals surface area contributed by atoms with E-state index in [-0.39, 0.29) is 30.5 Å². The van der Waals surface area contributed by atoms with E-state index in [2.05, 4.69) is 77.9 Å². The third-order valence-electron chi connectivity index (χ3n) is 5.23. The smallest absolute Gasteiger partial charge is 0.0500 e. The number of piperazine rings is 1. The minimum Gasteiger partial charge on any atom is -0.396 e. The van der Waals surface area contributed by atoms with Crippen molar-refractivity contribution in [1.82, 2.24) is 10.2 Å². The maximum Gasteiger partial charge on any atom is 0.0500 e. The summed E-state index contributed by atoms with van der Waals surface area (Å²) in [5.41, 5.74) is 3.49. The van der Waals surface area contributed by atoms with Crippen LogP contribution in [0.5, 0.6) is 0 Å². The molecular weight excluding hydrogens is 358 g/mol. The van der Waals surface area contributed by atoms with E-state index in [9.17, 15) is 5.11 Å². The van der Waals surface area contributed by atoms with Gasteiger partial charge in [0.05, 0.1) is 0 Å². The number of benzene rings is 2. The Kier molecular flexibility index (Phi) is 8.11. The second-order valence-corrected chi connectivity index (χ2v) is 7.80. The van der Waals surface area contributed by atoms with Crippen molar-refractivity contribution in [3.05, 3.63) is 65.7 Å². The zero-order chi connectivity index (χ0) is 18.4. The Morgan fingerprint density at radius 3 is 2.26 bits per heavy atom. The number of halogens is 1. The number of hydrogen-bond acceptors (Lipinski definition) is 4. The van der Waals surface area contributed by atoms with Crippen molar-refractivity contribution in [3.63, 3.8) is 0 Å². The summed E-state index contributed by atoms with van der Waals surface area (Å²) in [6.07, 6.45) is 0. The molecule has 1 aliphatic rings. The van der Waals surface area contributed by atoms with E-state index in [0.717, 1.165) is 38.4 Å². The molecule has 0 unspecified atom stereocenters. The van der Waals surface area contributed by atoms with Crippen LogP contribution in [0.25, 0.3) is 0 Å². The predicted octanol–water partition coefficient (Wildman–Crippen LogP) is 3.69.